The zero-order valence-corrected chi connectivity index (χ0v) is 11.6. The van der Waals surface area contributed by atoms with Crippen molar-refractivity contribution < 1.29 is 9.53 Å². The molecule has 1 N–H and O–H groups in total. The van der Waals surface area contributed by atoms with Crippen LogP contribution < -0.4 is 5.32 Å². The van der Waals surface area contributed by atoms with Crippen LogP contribution in [-0.2, 0) is 10.2 Å². The molecule has 6 heteroatoms. The molecule has 0 atom stereocenters. The number of carbonyl (C=O) groups excluding carboxylic acids is 1. The highest BCUT2D eigenvalue weighted by Crippen LogP contribution is 2.25. The van der Waals surface area contributed by atoms with Crippen molar-refractivity contribution in [2.45, 2.75) is 32.6 Å². The molecule has 0 aliphatic rings. The molecule has 0 aliphatic heterocycles. The molecule has 1 rings (SSSR count). The number of hydrogen-bond acceptors (Lipinski definition) is 5. The van der Waals surface area contributed by atoms with Crippen molar-refractivity contribution in [1.29, 1.82) is 0 Å². The molecule has 17 heavy (non-hydrogen) atoms. The minimum atomic E-state index is -0.161. The lowest BCUT2D eigenvalue weighted by atomic mass is 9.91. The third-order valence-corrected chi connectivity index (χ3v) is 2.94. The average Bonchev–Trinajstić information content (AvgIpc) is 2.72. The second-order valence-corrected chi connectivity index (χ2v) is 5.56. The largest absolute Gasteiger partial charge is 0.385 e. The summed E-state index contributed by atoms with van der Waals surface area (Å²) in [7, 11) is 1.65. The molecular formula is C11H19N3O2S. The Morgan fingerprint density at radius 2 is 2.18 bits per heavy atom. The molecule has 0 aromatic carbocycles. The zero-order valence-electron chi connectivity index (χ0n) is 10.7. The van der Waals surface area contributed by atoms with Crippen LogP contribution in [0.5, 0.6) is 0 Å². The highest BCUT2D eigenvalue weighted by Gasteiger charge is 2.25. The van der Waals surface area contributed by atoms with E-state index in [1.165, 1.54) is 0 Å². The van der Waals surface area contributed by atoms with Crippen LogP contribution in [0.1, 0.15) is 42.6 Å². The molecule has 0 fully saturated rings. The first-order valence-electron chi connectivity index (χ1n) is 5.56. The molecule has 0 saturated carbocycles. The lowest BCUT2D eigenvalue weighted by Gasteiger charge is -2.16. The molecule has 0 aliphatic carbocycles. The first kappa shape index (κ1) is 14.1. The van der Waals surface area contributed by atoms with Crippen molar-refractivity contribution in [3.8, 4) is 0 Å². The third-order valence-electron chi connectivity index (χ3n) is 2.22. The molecular weight excluding hydrogens is 238 g/mol. The highest BCUT2D eigenvalue weighted by molar-refractivity contribution is 7.08. The van der Waals surface area contributed by atoms with Crippen LogP contribution in [0, 0.1) is 0 Å². The van der Waals surface area contributed by atoms with Crippen LogP contribution in [0.3, 0.4) is 0 Å². The van der Waals surface area contributed by atoms with Gasteiger partial charge in [0, 0.05) is 25.7 Å². The molecule has 0 bridgehead atoms. The molecule has 1 heterocycles. The maximum Gasteiger partial charge on any atom is 0.264 e. The summed E-state index contributed by atoms with van der Waals surface area (Å²) >= 11 is 1.14. The van der Waals surface area contributed by atoms with Gasteiger partial charge in [-0.1, -0.05) is 25.3 Å². The molecule has 96 valence electrons. The summed E-state index contributed by atoms with van der Waals surface area (Å²) in [5.74, 6) is -0.0963. The number of methoxy groups -OCH3 is 1. The van der Waals surface area contributed by atoms with Gasteiger partial charge in [0.2, 0.25) is 0 Å². The van der Waals surface area contributed by atoms with Crippen LogP contribution in [0.25, 0.3) is 0 Å². The Morgan fingerprint density at radius 3 is 2.76 bits per heavy atom. The molecule has 5 nitrogen and oxygen atoms in total. The van der Waals surface area contributed by atoms with Gasteiger partial charge in [0.05, 0.1) is 5.69 Å². The second kappa shape index (κ2) is 6.07. The Morgan fingerprint density at radius 1 is 1.47 bits per heavy atom. The average molecular weight is 257 g/mol. The molecule has 1 amide bonds. The van der Waals surface area contributed by atoms with E-state index in [2.05, 4.69) is 14.9 Å². The Bertz CT molecular complexity index is 371. The number of hydrogen-bond donors (Lipinski definition) is 1. The molecule has 1 aromatic rings. The topological polar surface area (TPSA) is 64.1 Å². The quantitative estimate of drug-likeness (QED) is 0.814. The van der Waals surface area contributed by atoms with Gasteiger partial charge in [-0.2, -0.15) is 0 Å². The van der Waals surface area contributed by atoms with E-state index in [0.717, 1.165) is 23.6 Å². The second-order valence-electron chi connectivity index (χ2n) is 4.80. The first-order chi connectivity index (χ1) is 7.96. The van der Waals surface area contributed by atoms with E-state index in [1.54, 1.807) is 7.11 Å². The standard InChI is InChI=1S/C11H19N3O2S/c1-11(2,3)9-8(17-14-13-9)10(15)12-6-5-7-16-4/h5-7H2,1-4H3,(H,12,15). The predicted molar refractivity (Wildman–Crippen MR) is 67.4 cm³/mol. The van der Waals surface area contributed by atoms with E-state index in [9.17, 15) is 4.79 Å². The number of rotatable bonds is 5. The molecule has 0 radical (unpaired) electrons. The maximum atomic E-state index is 11.9. The van der Waals surface area contributed by atoms with Crippen molar-refractivity contribution in [1.82, 2.24) is 14.9 Å². The first-order valence-corrected chi connectivity index (χ1v) is 6.34. The molecule has 0 unspecified atom stereocenters. The van der Waals surface area contributed by atoms with Crippen LogP contribution in [0.2, 0.25) is 0 Å². The third kappa shape index (κ3) is 4.05. The number of aromatic nitrogens is 2. The van der Waals surface area contributed by atoms with Crippen molar-refractivity contribution in [3.63, 3.8) is 0 Å². The smallest absolute Gasteiger partial charge is 0.264 e. The number of nitrogens with zero attached hydrogens (tertiary/aromatic N) is 2. The maximum absolute atomic E-state index is 11.9. The summed E-state index contributed by atoms with van der Waals surface area (Å²) in [5.41, 5.74) is 0.596. The van der Waals surface area contributed by atoms with Crippen molar-refractivity contribution in [2.24, 2.45) is 0 Å². The number of carbonyl (C=O) groups is 1. The normalized spacial score (nSPS) is 11.5. The minimum Gasteiger partial charge on any atom is -0.385 e. The molecule has 1 aromatic heterocycles. The fourth-order valence-corrected chi connectivity index (χ4v) is 2.12. The van der Waals surface area contributed by atoms with E-state index in [4.69, 9.17) is 4.74 Å². The van der Waals surface area contributed by atoms with Crippen LogP contribution in [0.15, 0.2) is 0 Å². The summed E-state index contributed by atoms with van der Waals surface area (Å²) in [6.45, 7) is 7.31. The van der Waals surface area contributed by atoms with E-state index in [1.807, 2.05) is 20.8 Å². The van der Waals surface area contributed by atoms with Crippen molar-refractivity contribution in [2.75, 3.05) is 20.3 Å². The fraction of sp³-hybridized carbons (Fsp3) is 0.727. The van der Waals surface area contributed by atoms with Gasteiger partial charge in [-0.25, -0.2) is 0 Å². The van der Waals surface area contributed by atoms with E-state index in [0.29, 0.717) is 18.0 Å². The van der Waals surface area contributed by atoms with E-state index < -0.39 is 0 Å². The highest BCUT2D eigenvalue weighted by atomic mass is 32.1. The number of nitrogens with one attached hydrogen (secondary N) is 1. The van der Waals surface area contributed by atoms with Gasteiger partial charge in [0.25, 0.3) is 5.91 Å². The van der Waals surface area contributed by atoms with Gasteiger partial charge in [0.15, 0.2) is 0 Å². The Balaban J connectivity index is 2.61. The van der Waals surface area contributed by atoms with Gasteiger partial charge in [-0.05, 0) is 18.0 Å². The lowest BCUT2D eigenvalue weighted by Crippen LogP contribution is -2.27. The van der Waals surface area contributed by atoms with Crippen molar-refractivity contribution >= 4 is 17.4 Å². The lowest BCUT2D eigenvalue weighted by molar-refractivity contribution is 0.0950. The summed E-state index contributed by atoms with van der Waals surface area (Å²) < 4.78 is 8.78. The van der Waals surface area contributed by atoms with Crippen LogP contribution in [0.4, 0.5) is 0 Å². The van der Waals surface area contributed by atoms with Gasteiger partial charge >= 0.3 is 0 Å². The number of amides is 1. The SMILES string of the molecule is COCCCNC(=O)c1snnc1C(C)(C)C. The summed E-state index contributed by atoms with van der Waals surface area (Å²) in [4.78, 5) is 12.5. The molecule has 0 saturated heterocycles. The van der Waals surface area contributed by atoms with Crippen LogP contribution in [-0.4, -0.2) is 35.8 Å². The van der Waals surface area contributed by atoms with E-state index >= 15 is 0 Å². The minimum absolute atomic E-state index is 0.0963. The summed E-state index contributed by atoms with van der Waals surface area (Å²) in [6.07, 6.45) is 0.805. The summed E-state index contributed by atoms with van der Waals surface area (Å²) in [6, 6.07) is 0. The van der Waals surface area contributed by atoms with Gasteiger partial charge in [0.1, 0.15) is 4.88 Å². The molecule has 0 spiro atoms. The Hall–Kier alpha value is -1.01. The van der Waals surface area contributed by atoms with Crippen LogP contribution >= 0.6 is 11.5 Å². The van der Waals surface area contributed by atoms with Gasteiger partial charge < -0.3 is 10.1 Å². The van der Waals surface area contributed by atoms with Gasteiger partial charge in [-0.15, -0.1) is 5.10 Å². The Kier molecular flexibility index (Phi) is 5.02. The summed E-state index contributed by atoms with van der Waals surface area (Å²) in [5, 5.41) is 6.88. The monoisotopic (exact) mass is 257 g/mol. The van der Waals surface area contributed by atoms with Crippen molar-refractivity contribution in [3.05, 3.63) is 10.6 Å². The fourth-order valence-electron chi connectivity index (χ4n) is 1.33. The Labute approximate surface area is 106 Å². The number of ether oxygens (including phenoxy) is 1. The zero-order chi connectivity index (χ0) is 12.9. The van der Waals surface area contributed by atoms with E-state index in [-0.39, 0.29) is 11.3 Å². The predicted octanol–water partition coefficient (Wildman–Crippen LogP) is 1.60. The van der Waals surface area contributed by atoms with Gasteiger partial charge in [-0.3, -0.25) is 4.79 Å².